The minimum absolute atomic E-state index is 0.178. The number of alkyl halides is 2. The van der Waals surface area contributed by atoms with E-state index >= 15 is 0 Å². The maximum atomic E-state index is 13.1. The van der Waals surface area contributed by atoms with Crippen LogP contribution in [0.4, 0.5) is 8.78 Å². The molecule has 0 N–H and O–H groups in total. The Hall–Kier alpha value is -3.09. The lowest BCUT2D eigenvalue weighted by Crippen LogP contribution is -2.23. The molecule has 0 radical (unpaired) electrons. The number of hydrogen-bond acceptors (Lipinski definition) is 3. The molecule has 0 saturated carbocycles. The van der Waals surface area contributed by atoms with Gasteiger partial charge < -0.3 is 0 Å². The van der Waals surface area contributed by atoms with Crippen molar-refractivity contribution in [2.24, 2.45) is 0 Å². The summed E-state index contributed by atoms with van der Waals surface area (Å²) in [5.41, 5.74) is 1.59. The SMILES string of the molecule is Cc1ccccc1-n1c(=O)c2nccn2c2ccc(C(F)F)nc21. The fourth-order valence-electron chi connectivity index (χ4n) is 2.82. The fraction of sp³-hybridized carbons (Fsp3) is 0.118. The zero-order valence-electron chi connectivity index (χ0n) is 12.6. The van der Waals surface area contributed by atoms with Crippen LogP contribution in [0.3, 0.4) is 0 Å². The lowest BCUT2D eigenvalue weighted by molar-refractivity contribution is 0.146. The van der Waals surface area contributed by atoms with Crippen molar-refractivity contribution >= 4 is 16.8 Å². The lowest BCUT2D eigenvalue weighted by atomic mass is 10.2. The van der Waals surface area contributed by atoms with Gasteiger partial charge in [-0.3, -0.25) is 13.8 Å². The fourth-order valence-corrected chi connectivity index (χ4v) is 2.82. The molecule has 0 amide bonds. The lowest BCUT2D eigenvalue weighted by Gasteiger charge is -2.14. The average Bonchev–Trinajstić information content (AvgIpc) is 3.06. The number of pyridine rings is 1. The summed E-state index contributed by atoms with van der Waals surface area (Å²) < 4.78 is 29.1. The number of aromatic nitrogens is 4. The van der Waals surface area contributed by atoms with Crippen molar-refractivity contribution < 1.29 is 8.78 Å². The van der Waals surface area contributed by atoms with Crippen LogP contribution in [0, 0.1) is 6.92 Å². The van der Waals surface area contributed by atoms with Gasteiger partial charge in [-0.2, -0.15) is 0 Å². The van der Waals surface area contributed by atoms with Crippen LogP contribution in [0.5, 0.6) is 0 Å². The Bertz CT molecular complexity index is 1130. The van der Waals surface area contributed by atoms with Crippen LogP contribution in [-0.2, 0) is 0 Å². The highest BCUT2D eigenvalue weighted by Gasteiger charge is 2.18. The van der Waals surface area contributed by atoms with E-state index in [9.17, 15) is 13.6 Å². The van der Waals surface area contributed by atoms with Crippen LogP contribution >= 0.6 is 0 Å². The Morgan fingerprint density at radius 3 is 2.62 bits per heavy atom. The van der Waals surface area contributed by atoms with E-state index in [0.717, 1.165) is 5.56 Å². The molecular formula is C17H12F2N4O. The van der Waals surface area contributed by atoms with E-state index in [-0.39, 0.29) is 17.0 Å². The molecule has 4 aromatic rings. The molecule has 0 saturated heterocycles. The smallest absolute Gasteiger partial charge is 0.292 e. The second-order valence-corrected chi connectivity index (χ2v) is 5.43. The largest absolute Gasteiger partial charge is 0.300 e. The first-order valence-corrected chi connectivity index (χ1v) is 7.31. The van der Waals surface area contributed by atoms with Crippen LogP contribution < -0.4 is 5.56 Å². The molecular weight excluding hydrogens is 314 g/mol. The minimum Gasteiger partial charge on any atom is -0.292 e. The van der Waals surface area contributed by atoms with Crippen LogP contribution in [0.15, 0.2) is 53.6 Å². The summed E-state index contributed by atoms with van der Waals surface area (Å²) in [6.45, 7) is 1.85. The van der Waals surface area contributed by atoms with E-state index in [1.165, 1.54) is 22.9 Å². The molecule has 0 atom stereocenters. The number of nitrogens with zero attached hydrogens (tertiary/aromatic N) is 4. The van der Waals surface area contributed by atoms with Crippen LogP contribution in [0.1, 0.15) is 17.7 Å². The molecule has 1 aromatic carbocycles. The predicted octanol–water partition coefficient (Wildman–Crippen LogP) is 3.28. The highest BCUT2D eigenvalue weighted by molar-refractivity contribution is 5.77. The zero-order valence-corrected chi connectivity index (χ0v) is 12.6. The van der Waals surface area contributed by atoms with Gasteiger partial charge in [0.1, 0.15) is 5.69 Å². The first-order valence-electron chi connectivity index (χ1n) is 7.31. The predicted molar refractivity (Wildman–Crippen MR) is 85.8 cm³/mol. The average molecular weight is 326 g/mol. The molecule has 4 rings (SSSR count). The number of halogens is 2. The molecule has 7 heteroatoms. The highest BCUT2D eigenvalue weighted by atomic mass is 19.3. The van der Waals surface area contributed by atoms with Crippen LogP contribution in [0.25, 0.3) is 22.5 Å². The summed E-state index contributed by atoms with van der Waals surface area (Å²) in [5.74, 6) is 0. The van der Waals surface area contributed by atoms with Crippen LogP contribution in [-0.4, -0.2) is 18.9 Å². The summed E-state index contributed by atoms with van der Waals surface area (Å²) in [6.07, 6.45) is 0.401. The molecule has 0 aliphatic rings. The van der Waals surface area contributed by atoms with Crippen molar-refractivity contribution in [1.82, 2.24) is 18.9 Å². The number of fused-ring (bicyclic) bond motifs is 3. The Labute approximate surface area is 134 Å². The van der Waals surface area contributed by atoms with Crippen molar-refractivity contribution in [3.8, 4) is 5.69 Å². The van der Waals surface area contributed by atoms with Crippen LogP contribution in [0.2, 0.25) is 0 Å². The van der Waals surface area contributed by atoms with Gasteiger partial charge in [0.05, 0.1) is 11.2 Å². The van der Waals surface area contributed by atoms with Crippen molar-refractivity contribution in [3.63, 3.8) is 0 Å². The quantitative estimate of drug-likeness (QED) is 0.568. The number of rotatable bonds is 2. The number of hydrogen-bond donors (Lipinski definition) is 0. The van der Waals surface area contributed by atoms with Gasteiger partial charge in [-0.1, -0.05) is 18.2 Å². The van der Waals surface area contributed by atoms with Gasteiger partial charge in [0.25, 0.3) is 12.0 Å². The minimum atomic E-state index is -2.71. The maximum Gasteiger partial charge on any atom is 0.300 e. The van der Waals surface area contributed by atoms with E-state index in [1.54, 1.807) is 22.7 Å². The van der Waals surface area contributed by atoms with Gasteiger partial charge in [0.2, 0.25) is 5.65 Å². The molecule has 24 heavy (non-hydrogen) atoms. The molecule has 0 bridgehead atoms. The van der Waals surface area contributed by atoms with Gasteiger partial charge in [-0.25, -0.2) is 18.7 Å². The van der Waals surface area contributed by atoms with E-state index in [0.29, 0.717) is 11.2 Å². The molecule has 5 nitrogen and oxygen atoms in total. The normalized spacial score (nSPS) is 11.7. The Kier molecular flexibility index (Phi) is 3.16. The molecule has 0 aliphatic heterocycles. The van der Waals surface area contributed by atoms with Gasteiger partial charge in [0.15, 0.2) is 5.65 Å². The van der Waals surface area contributed by atoms with Crippen molar-refractivity contribution in [2.75, 3.05) is 0 Å². The molecule has 0 unspecified atom stereocenters. The Morgan fingerprint density at radius 1 is 1.08 bits per heavy atom. The summed E-state index contributed by atoms with van der Waals surface area (Å²) in [7, 11) is 0. The summed E-state index contributed by atoms with van der Waals surface area (Å²) >= 11 is 0. The topological polar surface area (TPSA) is 52.2 Å². The third kappa shape index (κ3) is 2.01. The molecule has 3 aromatic heterocycles. The Morgan fingerprint density at radius 2 is 1.88 bits per heavy atom. The van der Waals surface area contributed by atoms with E-state index in [1.807, 2.05) is 19.1 Å². The maximum absolute atomic E-state index is 13.1. The number of para-hydroxylation sites is 1. The van der Waals surface area contributed by atoms with E-state index < -0.39 is 12.0 Å². The van der Waals surface area contributed by atoms with Gasteiger partial charge in [0, 0.05) is 12.4 Å². The molecule has 120 valence electrons. The summed E-state index contributed by atoms with van der Waals surface area (Å²) in [5, 5.41) is 0. The monoisotopic (exact) mass is 326 g/mol. The molecule has 0 spiro atoms. The van der Waals surface area contributed by atoms with E-state index in [2.05, 4.69) is 9.97 Å². The van der Waals surface area contributed by atoms with Crippen molar-refractivity contribution in [1.29, 1.82) is 0 Å². The molecule has 3 heterocycles. The second-order valence-electron chi connectivity index (χ2n) is 5.43. The van der Waals surface area contributed by atoms with E-state index in [4.69, 9.17) is 0 Å². The van der Waals surface area contributed by atoms with Gasteiger partial charge in [-0.05, 0) is 30.7 Å². The highest BCUT2D eigenvalue weighted by Crippen LogP contribution is 2.23. The standard InChI is InChI=1S/C17H12F2N4O/c1-10-4-2-3-5-12(10)23-15-13(7-6-11(21-15)14(18)19)22-9-8-20-16(22)17(23)24/h2-9,14H,1H3. The Balaban J connectivity index is 2.24. The first-order chi connectivity index (χ1) is 11.6. The van der Waals surface area contributed by atoms with Gasteiger partial charge in [-0.15, -0.1) is 0 Å². The third-order valence-electron chi connectivity index (χ3n) is 3.96. The van der Waals surface area contributed by atoms with Crippen molar-refractivity contribution in [3.05, 3.63) is 70.4 Å². The zero-order chi connectivity index (χ0) is 16.8. The van der Waals surface area contributed by atoms with Crippen molar-refractivity contribution in [2.45, 2.75) is 13.3 Å². The molecule has 0 aliphatic carbocycles. The molecule has 0 fully saturated rings. The second kappa shape index (κ2) is 5.23. The third-order valence-corrected chi connectivity index (χ3v) is 3.96. The number of benzene rings is 1. The number of imidazole rings is 1. The first kappa shape index (κ1) is 14.5. The number of aryl methyl sites for hydroxylation is 1. The van der Waals surface area contributed by atoms with Gasteiger partial charge >= 0.3 is 0 Å². The summed E-state index contributed by atoms with van der Waals surface area (Å²) in [4.78, 5) is 21.0. The summed E-state index contributed by atoms with van der Waals surface area (Å²) in [6, 6.07) is 10.0.